The fourth-order valence-corrected chi connectivity index (χ4v) is 4.45. The Hall–Kier alpha value is -1.11. The molecule has 2 amide bonds. The first-order valence-corrected chi connectivity index (χ1v) is 10.4. The van der Waals surface area contributed by atoms with Gasteiger partial charge in [0.25, 0.3) is 0 Å². The Morgan fingerprint density at radius 2 is 2.08 bits per heavy atom. The zero-order valence-electron chi connectivity index (χ0n) is 15.2. The predicted molar refractivity (Wildman–Crippen MR) is 108 cm³/mol. The number of nitrogens with one attached hydrogen (secondary N) is 2. The summed E-state index contributed by atoms with van der Waals surface area (Å²) in [6.07, 6.45) is 5.33. The molecule has 3 heterocycles. The van der Waals surface area contributed by atoms with E-state index in [4.69, 9.17) is 0 Å². The molecule has 0 spiro atoms. The maximum atomic E-state index is 12.3. The van der Waals surface area contributed by atoms with Crippen molar-refractivity contribution in [1.82, 2.24) is 15.5 Å². The van der Waals surface area contributed by atoms with Gasteiger partial charge < -0.3 is 15.5 Å². The molecule has 2 saturated heterocycles. The van der Waals surface area contributed by atoms with Crippen molar-refractivity contribution in [2.75, 3.05) is 32.7 Å². The number of amides is 2. The number of nitrogens with zero attached hydrogens (tertiary/aromatic N) is 1. The SMILES string of the molecule is Cl.O=C(NCCc1cccs1)C1CCN(C(=O)CCC2CCNC2)CC1. The molecule has 1 atom stereocenters. The maximum Gasteiger partial charge on any atom is 0.223 e. The first kappa shape index (κ1) is 21.2. The standard InChI is InChI=1S/C19H29N3O2S.ClH/c23-18(4-3-15-5-9-20-14-15)22-11-7-16(8-12-22)19(24)21-10-6-17-2-1-13-25-17;/h1-2,13,15-16,20H,3-12,14H2,(H,21,24);1H. The Kier molecular flexibility index (Phi) is 8.88. The Labute approximate surface area is 166 Å². The van der Waals surface area contributed by atoms with E-state index < -0.39 is 0 Å². The van der Waals surface area contributed by atoms with Crippen LogP contribution in [0.2, 0.25) is 0 Å². The molecule has 0 radical (unpaired) electrons. The topological polar surface area (TPSA) is 61.4 Å². The van der Waals surface area contributed by atoms with Crippen LogP contribution in [0.5, 0.6) is 0 Å². The second-order valence-corrected chi connectivity index (χ2v) is 8.21. The molecule has 7 heteroatoms. The van der Waals surface area contributed by atoms with Crippen molar-refractivity contribution in [3.05, 3.63) is 22.4 Å². The summed E-state index contributed by atoms with van der Waals surface area (Å²) in [6, 6.07) is 4.14. The third kappa shape index (κ3) is 6.25. The molecule has 146 valence electrons. The van der Waals surface area contributed by atoms with Crippen molar-refractivity contribution in [2.24, 2.45) is 11.8 Å². The second-order valence-electron chi connectivity index (χ2n) is 7.17. The Morgan fingerprint density at radius 1 is 1.27 bits per heavy atom. The zero-order chi connectivity index (χ0) is 17.5. The van der Waals surface area contributed by atoms with E-state index in [-0.39, 0.29) is 30.1 Å². The average Bonchev–Trinajstić information content (AvgIpc) is 3.33. The molecule has 1 aromatic rings. The quantitative estimate of drug-likeness (QED) is 0.740. The third-order valence-corrected chi connectivity index (χ3v) is 6.33. The van der Waals surface area contributed by atoms with Crippen LogP contribution in [-0.2, 0) is 16.0 Å². The molecule has 26 heavy (non-hydrogen) atoms. The van der Waals surface area contributed by atoms with Crippen LogP contribution in [0.4, 0.5) is 0 Å². The lowest BCUT2D eigenvalue weighted by atomic mass is 9.95. The van der Waals surface area contributed by atoms with Crippen LogP contribution in [0, 0.1) is 11.8 Å². The van der Waals surface area contributed by atoms with Gasteiger partial charge in [0, 0.05) is 36.9 Å². The fourth-order valence-electron chi connectivity index (χ4n) is 3.75. The summed E-state index contributed by atoms with van der Waals surface area (Å²) >= 11 is 1.73. The van der Waals surface area contributed by atoms with Crippen molar-refractivity contribution in [3.63, 3.8) is 0 Å². The van der Waals surface area contributed by atoms with Crippen LogP contribution in [0.1, 0.15) is 37.0 Å². The number of carbonyl (C=O) groups is 2. The maximum absolute atomic E-state index is 12.3. The summed E-state index contributed by atoms with van der Waals surface area (Å²) in [5, 5.41) is 8.47. The normalized spacial score (nSPS) is 20.6. The highest BCUT2D eigenvalue weighted by Gasteiger charge is 2.27. The van der Waals surface area contributed by atoms with E-state index in [1.54, 1.807) is 11.3 Å². The molecule has 2 aliphatic heterocycles. The summed E-state index contributed by atoms with van der Waals surface area (Å²) in [5.41, 5.74) is 0. The number of thiophene rings is 1. The van der Waals surface area contributed by atoms with E-state index >= 15 is 0 Å². The van der Waals surface area contributed by atoms with Crippen LogP contribution >= 0.6 is 23.7 Å². The van der Waals surface area contributed by atoms with Gasteiger partial charge in [-0.3, -0.25) is 9.59 Å². The van der Waals surface area contributed by atoms with Crippen molar-refractivity contribution in [1.29, 1.82) is 0 Å². The van der Waals surface area contributed by atoms with Gasteiger partial charge in [-0.2, -0.15) is 0 Å². The smallest absolute Gasteiger partial charge is 0.223 e. The molecule has 0 aliphatic carbocycles. The summed E-state index contributed by atoms with van der Waals surface area (Å²) in [4.78, 5) is 27.9. The van der Waals surface area contributed by atoms with Crippen LogP contribution in [-0.4, -0.2) is 49.4 Å². The van der Waals surface area contributed by atoms with Crippen LogP contribution in [0.25, 0.3) is 0 Å². The van der Waals surface area contributed by atoms with Gasteiger partial charge in [0.1, 0.15) is 0 Å². The molecule has 0 aromatic carbocycles. The Bertz CT molecular complexity index is 553. The van der Waals surface area contributed by atoms with Gasteiger partial charge in [-0.05, 0) is 62.6 Å². The molecule has 3 rings (SSSR count). The van der Waals surface area contributed by atoms with E-state index in [2.05, 4.69) is 22.1 Å². The van der Waals surface area contributed by atoms with E-state index in [1.807, 2.05) is 11.0 Å². The first-order chi connectivity index (χ1) is 12.2. The number of rotatable bonds is 7. The van der Waals surface area contributed by atoms with E-state index in [0.29, 0.717) is 18.9 Å². The number of hydrogen-bond acceptors (Lipinski definition) is 4. The molecule has 1 aromatic heterocycles. The molecule has 2 aliphatic rings. The van der Waals surface area contributed by atoms with Crippen molar-refractivity contribution >= 4 is 35.6 Å². The average molecular weight is 400 g/mol. The molecule has 5 nitrogen and oxygen atoms in total. The summed E-state index contributed by atoms with van der Waals surface area (Å²) in [7, 11) is 0. The van der Waals surface area contributed by atoms with Gasteiger partial charge in [-0.15, -0.1) is 23.7 Å². The van der Waals surface area contributed by atoms with Crippen LogP contribution in [0.15, 0.2) is 17.5 Å². The summed E-state index contributed by atoms with van der Waals surface area (Å²) in [5.74, 6) is 1.14. The molecule has 0 bridgehead atoms. The minimum atomic E-state index is 0. The third-order valence-electron chi connectivity index (χ3n) is 5.40. The number of halogens is 1. The highest BCUT2D eigenvalue weighted by Crippen LogP contribution is 2.20. The Morgan fingerprint density at radius 3 is 2.73 bits per heavy atom. The number of carbonyl (C=O) groups excluding carboxylic acids is 2. The lowest BCUT2D eigenvalue weighted by Gasteiger charge is -2.31. The van der Waals surface area contributed by atoms with Crippen molar-refractivity contribution in [3.8, 4) is 0 Å². The second kappa shape index (κ2) is 10.9. The minimum Gasteiger partial charge on any atom is -0.355 e. The van der Waals surface area contributed by atoms with E-state index in [9.17, 15) is 9.59 Å². The van der Waals surface area contributed by atoms with Crippen LogP contribution < -0.4 is 10.6 Å². The van der Waals surface area contributed by atoms with Gasteiger partial charge in [0.05, 0.1) is 0 Å². The highest BCUT2D eigenvalue weighted by atomic mass is 35.5. The summed E-state index contributed by atoms with van der Waals surface area (Å²) in [6.45, 7) is 4.30. The predicted octanol–water partition coefficient (Wildman–Crippen LogP) is 2.46. The monoisotopic (exact) mass is 399 g/mol. The molecule has 0 saturated carbocycles. The molecular formula is C19H30ClN3O2S. The van der Waals surface area contributed by atoms with Crippen LogP contribution in [0.3, 0.4) is 0 Å². The minimum absolute atomic E-state index is 0. The van der Waals surface area contributed by atoms with Gasteiger partial charge in [0.15, 0.2) is 0 Å². The molecule has 2 N–H and O–H groups in total. The van der Waals surface area contributed by atoms with Crippen molar-refractivity contribution in [2.45, 2.75) is 38.5 Å². The van der Waals surface area contributed by atoms with Gasteiger partial charge >= 0.3 is 0 Å². The Balaban J connectivity index is 0.00000243. The first-order valence-electron chi connectivity index (χ1n) is 9.51. The lowest BCUT2D eigenvalue weighted by Crippen LogP contribution is -2.43. The largest absolute Gasteiger partial charge is 0.355 e. The van der Waals surface area contributed by atoms with E-state index in [0.717, 1.165) is 51.9 Å². The number of likely N-dealkylation sites (tertiary alicyclic amines) is 1. The van der Waals surface area contributed by atoms with Gasteiger partial charge in [0.2, 0.25) is 11.8 Å². The summed E-state index contributed by atoms with van der Waals surface area (Å²) < 4.78 is 0. The molecular weight excluding hydrogens is 370 g/mol. The highest BCUT2D eigenvalue weighted by molar-refractivity contribution is 7.09. The molecule has 2 fully saturated rings. The van der Waals surface area contributed by atoms with Crippen molar-refractivity contribution < 1.29 is 9.59 Å². The lowest BCUT2D eigenvalue weighted by molar-refractivity contribution is -0.135. The number of hydrogen-bond donors (Lipinski definition) is 2. The van der Waals surface area contributed by atoms with Gasteiger partial charge in [-0.1, -0.05) is 6.07 Å². The number of piperidine rings is 1. The zero-order valence-corrected chi connectivity index (χ0v) is 16.9. The molecule has 1 unspecified atom stereocenters. The van der Waals surface area contributed by atoms with Gasteiger partial charge in [-0.25, -0.2) is 0 Å². The fraction of sp³-hybridized carbons (Fsp3) is 0.684. The van der Waals surface area contributed by atoms with E-state index in [1.165, 1.54) is 11.3 Å².